The first-order chi connectivity index (χ1) is 43.1. The number of hydrogen-bond donors (Lipinski definition) is 8. The first kappa shape index (κ1) is 87.1. The van der Waals surface area contributed by atoms with E-state index in [9.17, 15) is 72.9 Å². The maximum absolute atomic E-state index is 14.7. The number of amides is 11. The molecule has 0 rings (SSSR count). The topological polar surface area (TPSA) is 354 Å². The summed E-state index contributed by atoms with van der Waals surface area (Å²) in [5, 5.41) is 45.2. The summed E-state index contributed by atoms with van der Waals surface area (Å²) in [6.45, 7) is 33.6. The zero-order valence-electron chi connectivity index (χ0n) is 61.4. The van der Waals surface area contributed by atoms with E-state index in [0.29, 0.717) is 6.42 Å². The molecular weight excluding hydrogens is 1210 g/mol. The molecule has 0 spiro atoms. The van der Waals surface area contributed by atoms with Gasteiger partial charge in [0.2, 0.25) is 59.1 Å². The zero-order chi connectivity index (χ0) is 73.5. The summed E-state index contributed by atoms with van der Waals surface area (Å²) >= 11 is 0. The van der Waals surface area contributed by atoms with Crippen LogP contribution in [0, 0.1) is 41.4 Å². The number of allylic oxidation sites excluding steroid dienone is 2. The minimum absolute atomic E-state index is 0.113. The summed E-state index contributed by atoms with van der Waals surface area (Å²) in [7, 11) is 8.15. The number of carboxylic acid groups (broad SMARTS) is 1. The summed E-state index contributed by atoms with van der Waals surface area (Å²) < 4.78 is 5.25. The lowest BCUT2D eigenvalue weighted by Gasteiger charge is -2.39. The van der Waals surface area contributed by atoms with Gasteiger partial charge >= 0.3 is 12.1 Å². The molecule has 27 heteroatoms. The van der Waals surface area contributed by atoms with E-state index in [0.717, 1.165) is 9.80 Å². The van der Waals surface area contributed by atoms with E-state index in [-0.39, 0.29) is 61.7 Å². The second-order valence-electron chi connectivity index (χ2n) is 28.9. The van der Waals surface area contributed by atoms with Gasteiger partial charge in [0.1, 0.15) is 60.0 Å². The van der Waals surface area contributed by atoms with Crippen LogP contribution in [0.2, 0.25) is 0 Å². The molecule has 0 saturated carbocycles. The molecule has 0 aliphatic heterocycles. The molecule has 540 valence electrons. The number of aliphatic hydroxyl groups excluding tert-OH is 2. The van der Waals surface area contributed by atoms with Gasteiger partial charge in [0.25, 0.3) is 0 Å². The second-order valence-corrected chi connectivity index (χ2v) is 28.9. The molecule has 0 aliphatic carbocycles. The molecule has 0 saturated heterocycles. The lowest BCUT2D eigenvalue weighted by molar-refractivity contribution is -0.160. The van der Waals surface area contributed by atoms with Gasteiger partial charge in [-0.1, -0.05) is 102 Å². The van der Waals surface area contributed by atoms with Crippen molar-refractivity contribution in [2.24, 2.45) is 41.4 Å². The van der Waals surface area contributed by atoms with Crippen molar-refractivity contribution in [1.29, 1.82) is 0 Å². The van der Waals surface area contributed by atoms with Gasteiger partial charge < -0.3 is 76.0 Å². The average molecular weight is 1340 g/mol. The Kier molecular flexibility index (Phi) is 36.9. The molecule has 0 unspecified atom stereocenters. The fourth-order valence-corrected chi connectivity index (χ4v) is 10.8. The number of aliphatic carboxylic acids is 1. The third-order valence-electron chi connectivity index (χ3n) is 16.1. The fraction of sp³-hybridized carbons (Fsp3) is 0.791. The van der Waals surface area contributed by atoms with E-state index < -0.39 is 168 Å². The van der Waals surface area contributed by atoms with Crippen LogP contribution in [0.1, 0.15) is 177 Å². The standard InChI is InChI=1S/C67H121N11O16/c1-27-28-29-42(14)55(81)54(65(91)92)78(26)64(90)53(41(12)13)77(25)62(88)47(31-37(4)5)71-59(85)50(34-40(10)11)75(23)60(86)44(16)69-56(82)43(15)68-57(83)49(33-39(8)9)76(24)61(87)46(30-36(2)3)70-58(84)48(32-38(6)7)74(22)51(80)35-73(21)63(89)52(45(17)79)72-66(93)94-67(18,19)20/h27-28,36-50,52-55,79,81H,29-35H2,1-26H3,(H,68,83)(H,69,82)(H,70,84)(H,71,85)(H,72,93)(H,91,92)/b28-27+/t42-,43+,44-,45-,46+,47+,48+,49+,50+,52+,53+,54+,55-/m1/s1. The Morgan fingerprint density at radius 2 is 0.840 bits per heavy atom. The highest BCUT2D eigenvalue weighted by Crippen LogP contribution is 2.24. The van der Waals surface area contributed by atoms with Crippen LogP contribution in [0.25, 0.3) is 0 Å². The summed E-state index contributed by atoms with van der Waals surface area (Å²) in [6, 6.07) is -12.8. The van der Waals surface area contributed by atoms with E-state index in [1.54, 1.807) is 60.6 Å². The summed E-state index contributed by atoms with van der Waals surface area (Å²) in [5.41, 5.74) is -0.905. The van der Waals surface area contributed by atoms with Crippen LogP contribution in [0.5, 0.6) is 0 Å². The summed E-state index contributed by atoms with van der Waals surface area (Å²) in [5.74, 6) is -10.4. The zero-order valence-corrected chi connectivity index (χ0v) is 61.4. The molecule has 0 fully saturated rings. The number of nitrogens with one attached hydrogen (secondary N) is 5. The van der Waals surface area contributed by atoms with Crippen molar-refractivity contribution in [3.8, 4) is 0 Å². The SMILES string of the molecule is C/C=C/C[C@@H](C)[C@@H](O)[C@@H](C(=O)O)N(C)C(=O)[C@H](C(C)C)N(C)C(=O)[C@H](CC(C)C)NC(=O)[C@H](CC(C)C)N(C)C(=O)[C@@H](C)NC(=O)[C@H](C)NC(=O)[C@H](CC(C)C)N(C)C(=O)[C@H](CC(C)C)NC(=O)[C@H](CC(C)C)N(C)C(=O)CN(C)C(=O)[C@@H](NC(=O)OC(C)(C)C)[C@@H](C)O. The van der Waals surface area contributed by atoms with E-state index in [1.165, 1.54) is 82.7 Å². The van der Waals surface area contributed by atoms with Gasteiger partial charge in [-0.25, -0.2) is 9.59 Å². The number of hydrogen-bond acceptors (Lipinski definition) is 15. The molecule has 0 radical (unpaired) electrons. The average Bonchev–Trinajstić information content (AvgIpc) is 0.820. The second kappa shape index (κ2) is 39.8. The fourth-order valence-electron chi connectivity index (χ4n) is 10.8. The Hall–Kier alpha value is -6.90. The molecule has 0 aliphatic rings. The number of rotatable bonds is 38. The van der Waals surface area contributed by atoms with E-state index in [4.69, 9.17) is 4.74 Å². The van der Waals surface area contributed by atoms with E-state index in [1.807, 2.05) is 69.2 Å². The Bertz CT molecular complexity index is 2570. The van der Waals surface area contributed by atoms with Gasteiger partial charge in [0.05, 0.1) is 18.8 Å². The number of carbonyl (C=O) groups excluding carboxylic acids is 11. The maximum Gasteiger partial charge on any atom is 0.408 e. The van der Waals surface area contributed by atoms with Crippen molar-refractivity contribution in [3.05, 3.63) is 12.2 Å². The minimum Gasteiger partial charge on any atom is -0.480 e. The monoisotopic (exact) mass is 1340 g/mol. The quantitative estimate of drug-likeness (QED) is 0.0408. The van der Waals surface area contributed by atoms with Crippen LogP contribution in [-0.4, -0.2) is 243 Å². The molecule has 11 amide bonds. The Morgan fingerprint density at radius 3 is 1.22 bits per heavy atom. The van der Waals surface area contributed by atoms with Crippen molar-refractivity contribution in [1.82, 2.24) is 56.0 Å². The van der Waals surface area contributed by atoms with Crippen LogP contribution in [0.15, 0.2) is 12.2 Å². The highest BCUT2D eigenvalue weighted by Gasteiger charge is 2.44. The lowest BCUT2D eigenvalue weighted by atomic mass is 9.92. The smallest absolute Gasteiger partial charge is 0.408 e. The van der Waals surface area contributed by atoms with Crippen LogP contribution in [0.3, 0.4) is 0 Å². The maximum atomic E-state index is 14.7. The molecule has 27 nitrogen and oxygen atoms in total. The first-order valence-electron chi connectivity index (χ1n) is 33.0. The van der Waals surface area contributed by atoms with E-state index in [2.05, 4.69) is 26.6 Å². The molecule has 0 bridgehead atoms. The third kappa shape index (κ3) is 28.2. The van der Waals surface area contributed by atoms with Gasteiger partial charge in [-0.3, -0.25) is 47.9 Å². The highest BCUT2D eigenvalue weighted by molar-refractivity contribution is 5.99. The minimum atomic E-state index is -1.64. The molecule has 0 aromatic carbocycles. The van der Waals surface area contributed by atoms with Gasteiger partial charge in [-0.15, -0.1) is 0 Å². The number of nitrogens with zero attached hydrogens (tertiary/aromatic N) is 6. The van der Waals surface area contributed by atoms with Crippen LogP contribution < -0.4 is 26.6 Å². The molecule has 0 heterocycles. The number of alkyl carbamates (subject to hydrolysis) is 1. The predicted molar refractivity (Wildman–Crippen MR) is 359 cm³/mol. The molecule has 13 atom stereocenters. The number of carbonyl (C=O) groups is 12. The molecule has 0 aromatic heterocycles. The van der Waals surface area contributed by atoms with Crippen LogP contribution in [0.4, 0.5) is 4.79 Å². The number of aliphatic hydroxyl groups is 2. The predicted octanol–water partition coefficient (Wildman–Crippen LogP) is 3.77. The Labute approximate surface area is 560 Å². The van der Waals surface area contributed by atoms with Gasteiger partial charge in [-0.2, -0.15) is 0 Å². The van der Waals surface area contributed by atoms with Crippen molar-refractivity contribution in [3.63, 3.8) is 0 Å². The number of likely N-dealkylation sites (N-methyl/N-ethyl adjacent to an activating group) is 6. The lowest BCUT2D eigenvalue weighted by Crippen LogP contribution is -2.61. The first-order valence-corrected chi connectivity index (χ1v) is 33.0. The van der Waals surface area contributed by atoms with E-state index >= 15 is 0 Å². The molecule has 8 N–H and O–H groups in total. The van der Waals surface area contributed by atoms with Crippen molar-refractivity contribution >= 4 is 71.1 Å². The largest absolute Gasteiger partial charge is 0.480 e. The third-order valence-corrected chi connectivity index (χ3v) is 16.1. The molecule has 0 aromatic rings. The normalized spacial score (nSPS) is 16.1. The Morgan fingerprint density at radius 1 is 0.457 bits per heavy atom. The van der Waals surface area contributed by atoms with Crippen LogP contribution in [-0.2, 0) is 57.5 Å². The highest BCUT2D eigenvalue weighted by atomic mass is 16.6. The number of carboxylic acids is 1. The molecule has 94 heavy (non-hydrogen) atoms. The van der Waals surface area contributed by atoms with Gasteiger partial charge in [0, 0.05) is 42.3 Å². The number of ether oxygens (including phenoxy) is 1. The van der Waals surface area contributed by atoms with Crippen molar-refractivity contribution in [2.75, 3.05) is 48.8 Å². The Balaban J connectivity index is 6.72. The van der Waals surface area contributed by atoms with Crippen LogP contribution >= 0.6 is 0 Å². The summed E-state index contributed by atoms with van der Waals surface area (Å²) in [6.07, 6.45) is 0.736. The van der Waals surface area contributed by atoms with Crippen molar-refractivity contribution in [2.45, 2.75) is 255 Å². The molecular formula is C67H121N11O16. The van der Waals surface area contributed by atoms with Gasteiger partial charge in [-0.05, 0) is 128 Å². The van der Waals surface area contributed by atoms with Gasteiger partial charge in [0.15, 0.2) is 6.04 Å². The summed E-state index contributed by atoms with van der Waals surface area (Å²) in [4.78, 5) is 174. The van der Waals surface area contributed by atoms with Crippen molar-refractivity contribution < 1.29 is 77.6 Å².